The summed E-state index contributed by atoms with van der Waals surface area (Å²) >= 11 is 0. The number of benzene rings is 2. The zero-order chi connectivity index (χ0) is 13.1. The number of hydrogen-bond donors (Lipinski definition) is 0. The standard InChI is InChI=1S/C17H19NO/c1-14-6-2-3-7-17(14)19-16-10-8-15(9-11-16)18-12-4-5-13-18/h2-3,6-11H,4-5,12-13H2,1H3. The molecule has 0 aliphatic carbocycles. The molecule has 0 atom stereocenters. The Morgan fingerprint density at radius 2 is 1.58 bits per heavy atom. The fourth-order valence-electron chi connectivity index (χ4n) is 2.50. The van der Waals surface area contributed by atoms with Gasteiger partial charge in [-0.1, -0.05) is 18.2 Å². The molecule has 1 aliphatic heterocycles. The fraction of sp³-hybridized carbons (Fsp3) is 0.294. The number of anilines is 1. The molecule has 1 saturated heterocycles. The number of aryl methyl sites for hydroxylation is 1. The molecule has 0 bridgehead atoms. The normalized spacial score (nSPS) is 14.7. The van der Waals surface area contributed by atoms with Crippen LogP contribution in [0.1, 0.15) is 18.4 Å². The van der Waals surface area contributed by atoms with Crippen LogP contribution in [-0.4, -0.2) is 13.1 Å². The van der Waals surface area contributed by atoms with E-state index in [4.69, 9.17) is 4.74 Å². The molecule has 0 spiro atoms. The molecule has 0 aromatic heterocycles. The third-order valence-electron chi connectivity index (χ3n) is 3.63. The van der Waals surface area contributed by atoms with E-state index in [1.54, 1.807) is 0 Å². The predicted molar refractivity (Wildman–Crippen MR) is 79.1 cm³/mol. The Bertz CT molecular complexity index is 541. The van der Waals surface area contributed by atoms with E-state index in [1.807, 2.05) is 18.2 Å². The average Bonchev–Trinajstić information content (AvgIpc) is 2.96. The summed E-state index contributed by atoms with van der Waals surface area (Å²) in [5, 5.41) is 0. The average molecular weight is 253 g/mol. The van der Waals surface area contributed by atoms with Gasteiger partial charge in [0, 0.05) is 18.8 Å². The molecule has 19 heavy (non-hydrogen) atoms. The van der Waals surface area contributed by atoms with Crippen molar-refractivity contribution in [2.24, 2.45) is 0 Å². The first kappa shape index (κ1) is 12.1. The smallest absolute Gasteiger partial charge is 0.130 e. The third-order valence-corrected chi connectivity index (χ3v) is 3.63. The van der Waals surface area contributed by atoms with Crippen LogP contribution in [-0.2, 0) is 0 Å². The quantitative estimate of drug-likeness (QED) is 0.804. The summed E-state index contributed by atoms with van der Waals surface area (Å²) < 4.78 is 5.91. The molecular weight excluding hydrogens is 234 g/mol. The van der Waals surface area contributed by atoms with Crippen molar-refractivity contribution in [3.05, 3.63) is 54.1 Å². The maximum Gasteiger partial charge on any atom is 0.130 e. The van der Waals surface area contributed by atoms with Crippen LogP contribution in [0.15, 0.2) is 48.5 Å². The number of ether oxygens (including phenoxy) is 1. The van der Waals surface area contributed by atoms with Gasteiger partial charge in [-0.05, 0) is 55.7 Å². The van der Waals surface area contributed by atoms with Crippen molar-refractivity contribution in [3.63, 3.8) is 0 Å². The summed E-state index contributed by atoms with van der Waals surface area (Å²) in [6, 6.07) is 16.5. The second-order valence-electron chi connectivity index (χ2n) is 5.06. The zero-order valence-electron chi connectivity index (χ0n) is 11.3. The van der Waals surface area contributed by atoms with Gasteiger partial charge in [-0.2, -0.15) is 0 Å². The lowest BCUT2D eigenvalue weighted by Gasteiger charge is -2.17. The molecule has 2 aromatic rings. The first-order valence-electron chi connectivity index (χ1n) is 6.91. The Hall–Kier alpha value is -1.96. The molecule has 98 valence electrons. The SMILES string of the molecule is Cc1ccccc1Oc1ccc(N2CCCC2)cc1. The van der Waals surface area contributed by atoms with Gasteiger partial charge in [0.15, 0.2) is 0 Å². The van der Waals surface area contributed by atoms with Crippen LogP contribution in [0.3, 0.4) is 0 Å². The fourth-order valence-corrected chi connectivity index (χ4v) is 2.50. The molecule has 0 N–H and O–H groups in total. The minimum Gasteiger partial charge on any atom is -0.457 e. The summed E-state index contributed by atoms with van der Waals surface area (Å²) in [6.45, 7) is 4.42. The van der Waals surface area contributed by atoms with Crippen molar-refractivity contribution in [3.8, 4) is 11.5 Å². The van der Waals surface area contributed by atoms with Gasteiger partial charge < -0.3 is 9.64 Å². The van der Waals surface area contributed by atoms with Crippen LogP contribution in [0.2, 0.25) is 0 Å². The molecule has 2 heteroatoms. The maximum atomic E-state index is 5.91. The highest BCUT2D eigenvalue weighted by molar-refractivity contribution is 5.50. The molecule has 1 fully saturated rings. The molecule has 0 saturated carbocycles. The van der Waals surface area contributed by atoms with Crippen molar-refractivity contribution in [1.82, 2.24) is 0 Å². The second-order valence-corrected chi connectivity index (χ2v) is 5.06. The summed E-state index contributed by atoms with van der Waals surface area (Å²) in [6.07, 6.45) is 2.61. The monoisotopic (exact) mass is 253 g/mol. The Morgan fingerprint density at radius 3 is 2.26 bits per heavy atom. The highest BCUT2D eigenvalue weighted by atomic mass is 16.5. The molecule has 0 radical (unpaired) electrons. The highest BCUT2D eigenvalue weighted by Crippen LogP contribution is 2.27. The first-order valence-corrected chi connectivity index (χ1v) is 6.91. The van der Waals surface area contributed by atoms with Gasteiger partial charge in [-0.15, -0.1) is 0 Å². The Balaban J connectivity index is 1.74. The van der Waals surface area contributed by atoms with E-state index < -0.39 is 0 Å². The molecule has 3 rings (SSSR count). The summed E-state index contributed by atoms with van der Waals surface area (Å²) in [5.74, 6) is 1.83. The number of para-hydroxylation sites is 1. The molecule has 1 heterocycles. The lowest BCUT2D eigenvalue weighted by atomic mass is 10.2. The lowest BCUT2D eigenvalue weighted by Crippen LogP contribution is -2.17. The Labute approximate surface area is 114 Å². The van der Waals surface area contributed by atoms with Crippen LogP contribution in [0.4, 0.5) is 5.69 Å². The first-order chi connectivity index (χ1) is 9.33. The van der Waals surface area contributed by atoms with Crippen LogP contribution < -0.4 is 9.64 Å². The van der Waals surface area contributed by atoms with Gasteiger partial charge in [0.05, 0.1) is 0 Å². The van der Waals surface area contributed by atoms with Crippen molar-refractivity contribution < 1.29 is 4.74 Å². The summed E-state index contributed by atoms with van der Waals surface area (Å²) in [4.78, 5) is 2.43. The van der Waals surface area contributed by atoms with Gasteiger partial charge in [0.1, 0.15) is 11.5 Å². The summed E-state index contributed by atoms with van der Waals surface area (Å²) in [7, 11) is 0. The molecule has 1 aliphatic rings. The van der Waals surface area contributed by atoms with E-state index in [0.29, 0.717) is 0 Å². The Morgan fingerprint density at radius 1 is 0.895 bits per heavy atom. The lowest BCUT2D eigenvalue weighted by molar-refractivity contribution is 0.479. The van der Waals surface area contributed by atoms with E-state index in [2.05, 4.69) is 42.2 Å². The topological polar surface area (TPSA) is 12.5 Å². The molecule has 0 amide bonds. The zero-order valence-corrected chi connectivity index (χ0v) is 11.3. The van der Waals surface area contributed by atoms with Crippen LogP contribution in [0.25, 0.3) is 0 Å². The van der Waals surface area contributed by atoms with Crippen molar-refractivity contribution in [2.45, 2.75) is 19.8 Å². The second kappa shape index (κ2) is 5.35. The van der Waals surface area contributed by atoms with Crippen LogP contribution in [0, 0.1) is 6.92 Å². The van der Waals surface area contributed by atoms with Gasteiger partial charge >= 0.3 is 0 Å². The van der Waals surface area contributed by atoms with Gasteiger partial charge in [-0.25, -0.2) is 0 Å². The summed E-state index contributed by atoms with van der Waals surface area (Å²) in [5.41, 5.74) is 2.46. The molecule has 2 nitrogen and oxygen atoms in total. The number of nitrogens with zero attached hydrogens (tertiary/aromatic N) is 1. The Kier molecular flexibility index (Phi) is 3.41. The maximum absolute atomic E-state index is 5.91. The largest absolute Gasteiger partial charge is 0.457 e. The molecule has 2 aromatic carbocycles. The van der Waals surface area contributed by atoms with Crippen molar-refractivity contribution in [2.75, 3.05) is 18.0 Å². The van der Waals surface area contributed by atoms with Crippen LogP contribution >= 0.6 is 0 Å². The van der Waals surface area contributed by atoms with Gasteiger partial charge in [-0.3, -0.25) is 0 Å². The molecular formula is C17H19NO. The van der Waals surface area contributed by atoms with Gasteiger partial charge in [0.2, 0.25) is 0 Å². The minimum atomic E-state index is 0.900. The number of rotatable bonds is 3. The van der Waals surface area contributed by atoms with E-state index >= 15 is 0 Å². The van der Waals surface area contributed by atoms with Crippen LogP contribution in [0.5, 0.6) is 11.5 Å². The number of hydrogen-bond acceptors (Lipinski definition) is 2. The van der Waals surface area contributed by atoms with E-state index in [1.165, 1.54) is 31.6 Å². The van der Waals surface area contributed by atoms with E-state index in [0.717, 1.165) is 17.1 Å². The third kappa shape index (κ3) is 2.73. The predicted octanol–water partition coefficient (Wildman–Crippen LogP) is 4.39. The highest BCUT2D eigenvalue weighted by Gasteiger charge is 2.12. The minimum absolute atomic E-state index is 0.900. The van der Waals surface area contributed by atoms with E-state index in [9.17, 15) is 0 Å². The van der Waals surface area contributed by atoms with Crippen molar-refractivity contribution >= 4 is 5.69 Å². The van der Waals surface area contributed by atoms with Gasteiger partial charge in [0.25, 0.3) is 0 Å². The van der Waals surface area contributed by atoms with Crippen molar-refractivity contribution in [1.29, 1.82) is 0 Å². The molecule has 0 unspecified atom stereocenters. The van der Waals surface area contributed by atoms with E-state index in [-0.39, 0.29) is 0 Å².